The number of ether oxygens (including phenoxy) is 2. The van der Waals surface area contributed by atoms with Crippen molar-refractivity contribution in [3.8, 4) is 6.07 Å². The normalized spacial score (nSPS) is 22.2. The molecule has 3 aromatic rings. The fourth-order valence-electron chi connectivity index (χ4n) is 8.51. The summed E-state index contributed by atoms with van der Waals surface area (Å²) in [7, 11) is -5.49. The molecule has 3 aliphatic heterocycles. The average molecular weight is 942 g/mol. The highest BCUT2D eigenvalue weighted by molar-refractivity contribution is 8.13. The molecule has 0 saturated carbocycles. The van der Waals surface area contributed by atoms with Gasteiger partial charge in [0.05, 0.1) is 24.7 Å². The molecule has 2 N–H and O–H groups in total. The molecular formula is C45H54F2N5O11PS. The minimum atomic E-state index is -5.49. The monoisotopic (exact) mass is 941 g/mol. The van der Waals surface area contributed by atoms with E-state index >= 15 is 8.78 Å². The van der Waals surface area contributed by atoms with Gasteiger partial charge >= 0.3 is 19.4 Å². The first-order valence-corrected chi connectivity index (χ1v) is 24.2. The van der Waals surface area contributed by atoms with Crippen LogP contribution in [-0.4, -0.2) is 100 Å². The lowest BCUT2D eigenvalue weighted by atomic mass is 9.91. The first-order chi connectivity index (χ1) is 30.9. The molecule has 2 aromatic carbocycles. The Labute approximate surface area is 379 Å². The summed E-state index contributed by atoms with van der Waals surface area (Å²) in [6.45, 7) is 5.36. The van der Waals surface area contributed by atoms with Crippen LogP contribution in [0.5, 0.6) is 0 Å². The molecule has 4 heterocycles. The number of H-pyrrole nitrogens is 1. The van der Waals surface area contributed by atoms with Crippen LogP contribution in [0.4, 0.5) is 13.6 Å². The Morgan fingerprint density at radius 3 is 2.45 bits per heavy atom. The summed E-state index contributed by atoms with van der Waals surface area (Å²) in [4.78, 5) is 84.3. The third-order valence-electron chi connectivity index (χ3n) is 11.7. The fraction of sp³-hybridized carbons (Fsp3) is 0.533. The number of pyridine rings is 1. The van der Waals surface area contributed by atoms with Gasteiger partial charge in [0, 0.05) is 60.6 Å². The molecule has 3 aliphatic rings. The van der Waals surface area contributed by atoms with Crippen LogP contribution in [0.3, 0.4) is 0 Å². The second-order valence-electron chi connectivity index (χ2n) is 17.1. The van der Waals surface area contributed by atoms with Gasteiger partial charge in [0.1, 0.15) is 12.1 Å². The van der Waals surface area contributed by atoms with E-state index < -0.39 is 74.3 Å². The Balaban J connectivity index is 1.18. The second kappa shape index (κ2) is 21.4. The van der Waals surface area contributed by atoms with Crippen LogP contribution in [0, 0.1) is 23.2 Å². The van der Waals surface area contributed by atoms with E-state index in [1.54, 1.807) is 15.9 Å². The van der Waals surface area contributed by atoms with Gasteiger partial charge < -0.3 is 34.1 Å². The minimum Gasteiger partial charge on any atom is -0.432 e. The number of likely N-dealkylation sites (tertiary alicyclic amines) is 1. The third kappa shape index (κ3) is 11.8. The Morgan fingerprint density at radius 2 is 1.72 bits per heavy atom. The lowest BCUT2D eigenvalue weighted by Crippen LogP contribution is -2.56. The minimum absolute atomic E-state index is 0.0414. The predicted molar refractivity (Wildman–Crippen MR) is 236 cm³/mol. The zero-order valence-electron chi connectivity index (χ0n) is 36.7. The van der Waals surface area contributed by atoms with Crippen molar-refractivity contribution in [3.05, 3.63) is 81.8 Å². The number of halogens is 2. The van der Waals surface area contributed by atoms with Gasteiger partial charge in [-0.1, -0.05) is 56.7 Å². The number of carbonyl (C=O) groups is 5. The summed E-state index contributed by atoms with van der Waals surface area (Å²) >= 11 is 0.832. The average Bonchev–Trinajstić information content (AvgIpc) is 3.89. The molecule has 3 amide bonds. The lowest BCUT2D eigenvalue weighted by molar-refractivity contribution is -0.146. The Morgan fingerprint density at radius 1 is 0.969 bits per heavy atom. The van der Waals surface area contributed by atoms with Gasteiger partial charge in [-0.3, -0.25) is 33.1 Å². The number of rotatable bonds is 16. The maximum Gasteiger partial charge on any atom is 0.510 e. The summed E-state index contributed by atoms with van der Waals surface area (Å²) in [5.41, 5.74) is -4.75. The van der Waals surface area contributed by atoms with Crippen LogP contribution < -0.4 is 10.9 Å². The van der Waals surface area contributed by atoms with Crippen LogP contribution in [0.1, 0.15) is 100 Å². The van der Waals surface area contributed by atoms with Gasteiger partial charge in [0.2, 0.25) is 24.2 Å². The molecule has 350 valence electrons. The molecule has 6 rings (SSSR count). The smallest absolute Gasteiger partial charge is 0.432 e. The van der Waals surface area contributed by atoms with Gasteiger partial charge in [-0.15, -0.1) is 0 Å². The van der Waals surface area contributed by atoms with Gasteiger partial charge in [0.25, 0.3) is 5.91 Å². The van der Waals surface area contributed by atoms with Crippen LogP contribution in [0.2, 0.25) is 0 Å². The van der Waals surface area contributed by atoms with E-state index in [9.17, 15) is 38.6 Å². The number of nitrogens with zero attached hydrogens (tertiary/aromatic N) is 3. The molecular weight excluding hydrogens is 888 g/mol. The molecule has 16 nitrogen and oxygen atoms in total. The quantitative estimate of drug-likeness (QED) is 0.0620. The molecule has 0 bridgehead atoms. The number of alkyl halides is 2. The first kappa shape index (κ1) is 49.3. The summed E-state index contributed by atoms with van der Waals surface area (Å²) in [6, 6.07) is 11.1. The van der Waals surface area contributed by atoms with E-state index in [0.717, 1.165) is 30.3 Å². The highest BCUT2D eigenvalue weighted by Gasteiger charge is 2.55. The number of fused-ring (bicyclic) bond motifs is 2. The summed E-state index contributed by atoms with van der Waals surface area (Å²) in [5, 5.41) is 13.2. The maximum atomic E-state index is 16.4. The van der Waals surface area contributed by atoms with Crippen molar-refractivity contribution in [1.82, 2.24) is 20.1 Å². The third-order valence-corrected chi connectivity index (χ3v) is 14.4. The van der Waals surface area contributed by atoms with Crippen molar-refractivity contribution in [2.24, 2.45) is 11.8 Å². The number of aromatic nitrogens is 1. The van der Waals surface area contributed by atoms with E-state index in [4.69, 9.17) is 18.5 Å². The van der Waals surface area contributed by atoms with Crippen LogP contribution in [0.15, 0.2) is 59.5 Å². The van der Waals surface area contributed by atoms with Crippen molar-refractivity contribution in [2.45, 2.75) is 108 Å². The van der Waals surface area contributed by atoms with Crippen molar-refractivity contribution < 1.29 is 55.8 Å². The van der Waals surface area contributed by atoms with Crippen LogP contribution >= 0.6 is 19.4 Å². The number of benzene rings is 2. The number of hydrogen-bond acceptors (Lipinski definition) is 13. The largest absolute Gasteiger partial charge is 0.510 e. The Hall–Kier alpha value is -5.15. The van der Waals surface area contributed by atoms with Crippen molar-refractivity contribution >= 4 is 59.1 Å². The number of aromatic amines is 1. The van der Waals surface area contributed by atoms with Crippen LogP contribution in [-0.2, 0) is 43.1 Å². The number of amides is 3. The molecule has 6 atom stereocenters. The number of nitriles is 1. The number of nitrogens with one attached hydrogen (secondary N) is 2. The van der Waals surface area contributed by atoms with Gasteiger partial charge in [-0.2, -0.15) is 14.0 Å². The second-order valence-corrected chi connectivity index (χ2v) is 20.4. The highest BCUT2D eigenvalue weighted by Crippen LogP contribution is 2.67. The zero-order valence-corrected chi connectivity index (χ0v) is 38.4. The topological polar surface area (TPSA) is 214 Å². The van der Waals surface area contributed by atoms with Crippen molar-refractivity contribution in [2.75, 3.05) is 32.2 Å². The molecule has 1 aromatic heterocycles. The van der Waals surface area contributed by atoms with Gasteiger partial charge in [-0.05, 0) is 86.1 Å². The molecule has 0 aliphatic carbocycles. The van der Waals surface area contributed by atoms with E-state index in [0.29, 0.717) is 43.1 Å². The molecule has 0 radical (unpaired) electrons. The zero-order chi connectivity index (χ0) is 47.1. The number of thioether (sulfide) groups is 1. The van der Waals surface area contributed by atoms with Crippen molar-refractivity contribution in [3.63, 3.8) is 0 Å². The molecule has 0 spiro atoms. The predicted octanol–water partition coefficient (Wildman–Crippen LogP) is 7.43. The Bertz CT molecular complexity index is 2410. The van der Waals surface area contributed by atoms with Gasteiger partial charge in [0.15, 0.2) is 5.12 Å². The van der Waals surface area contributed by atoms with E-state index in [-0.39, 0.29) is 70.7 Å². The summed E-state index contributed by atoms with van der Waals surface area (Å²) < 4.78 is 66.5. The fourth-order valence-corrected chi connectivity index (χ4v) is 10.9. The summed E-state index contributed by atoms with van der Waals surface area (Å²) in [5.74, 6) is -2.34. The SMILES string of the molecule is CC(C)CC(=O)SCCOP(=O)(OCOC(=O)OC(C)C)C(F)(F)c1ccc2ccc(C(=O)N[C@H]3CCCC[C@H]4CC[C@@H](C(=O)N5C[C@H](c6cc[nH]c(=O)c6)[C@@H](C#N)C5)N4C3=O)cc2c1. The highest BCUT2D eigenvalue weighted by atomic mass is 32.2. The maximum absolute atomic E-state index is 16.4. The van der Waals surface area contributed by atoms with Crippen molar-refractivity contribution in [1.29, 1.82) is 5.26 Å². The summed E-state index contributed by atoms with van der Waals surface area (Å²) in [6.07, 6.45) is 3.25. The van der Waals surface area contributed by atoms with E-state index in [1.165, 1.54) is 50.4 Å². The molecule has 3 fully saturated rings. The Kier molecular flexibility index (Phi) is 16.3. The number of carbonyl (C=O) groups excluding carboxylic acids is 5. The number of hydrogen-bond donors (Lipinski definition) is 2. The molecule has 65 heavy (non-hydrogen) atoms. The van der Waals surface area contributed by atoms with E-state index in [1.807, 2.05) is 13.8 Å². The lowest BCUT2D eigenvalue weighted by Gasteiger charge is -2.36. The van der Waals surface area contributed by atoms with Gasteiger partial charge in [-0.25, -0.2) is 4.79 Å². The van der Waals surface area contributed by atoms with E-state index in [2.05, 4.69) is 16.4 Å². The first-order valence-electron chi connectivity index (χ1n) is 21.7. The standard InChI is InChI=1S/C45H54F2N5O11PS/c1-27(2)19-40(54)65-18-17-61-64(59,62-26-60-44(58)63-28(3)4)45(46,47)34-12-11-29-9-10-31(20-32(29)21-34)41(55)50-37-8-6-5-7-35-13-14-38(52(35)42(37)56)43(57)51-24-33(23-48)36(25-51)30-15-16-49-39(53)22-30/h9-12,15-16,20-22,27-28,33,35-38H,5-8,13-14,17-19,24-26H2,1-4H3,(H,49,53)(H,50,55)/t33-,35-,36+,37-,38-,64?/m0/s1. The molecule has 3 saturated heterocycles. The molecule has 20 heteroatoms. The van der Waals surface area contributed by atoms with Crippen LogP contribution in [0.25, 0.3) is 10.8 Å². The molecule has 1 unspecified atom stereocenters.